The maximum atomic E-state index is 11.8. The fraction of sp³-hybridized carbons (Fsp3) is 0.455. The van der Waals surface area contributed by atoms with E-state index in [9.17, 15) is 4.39 Å². The van der Waals surface area contributed by atoms with Crippen LogP contribution in [-0.4, -0.2) is 6.67 Å². The first-order valence-electron chi connectivity index (χ1n) is 4.59. The van der Waals surface area contributed by atoms with Gasteiger partial charge in [-0.25, -0.2) is 0 Å². The minimum Gasteiger partial charge on any atom is -0.251 e. The lowest BCUT2D eigenvalue weighted by molar-refractivity contribution is 0.455. The normalized spacial score (nSPS) is 12.8. The second kappa shape index (κ2) is 5.98. The summed E-state index contributed by atoms with van der Waals surface area (Å²) in [4.78, 5) is 0. The predicted octanol–water partition coefficient (Wildman–Crippen LogP) is 4.11. The number of benzene rings is 1. The first-order chi connectivity index (χ1) is 6.34. The van der Waals surface area contributed by atoms with Crippen LogP contribution >= 0.6 is 11.6 Å². The van der Waals surface area contributed by atoms with Crippen molar-refractivity contribution < 1.29 is 4.39 Å². The molecule has 0 amide bonds. The van der Waals surface area contributed by atoms with Gasteiger partial charge in [-0.05, 0) is 24.8 Å². The zero-order valence-corrected chi connectivity index (χ0v) is 8.30. The minimum atomic E-state index is -0.238. The maximum absolute atomic E-state index is 11.8. The second-order valence-electron chi connectivity index (χ2n) is 3.06. The summed E-state index contributed by atoms with van der Waals surface area (Å²) in [5.41, 5.74) is 1.13. The molecule has 13 heavy (non-hydrogen) atoms. The van der Waals surface area contributed by atoms with Gasteiger partial charge in [0.1, 0.15) is 0 Å². The van der Waals surface area contributed by atoms with Crippen molar-refractivity contribution in [1.82, 2.24) is 0 Å². The zero-order valence-electron chi connectivity index (χ0n) is 7.55. The Labute approximate surface area is 83.7 Å². The summed E-state index contributed by atoms with van der Waals surface area (Å²) in [5.74, 6) is 0. The van der Waals surface area contributed by atoms with Crippen molar-refractivity contribution in [2.75, 3.05) is 6.67 Å². The largest absolute Gasteiger partial charge is 0.251 e. The molecule has 1 atom stereocenters. The molecule has 0 aliphatic carbocycles. The number of alkyl halides is 2. The highest BCUT2D eigenvalue weighted by Crippen LogP contribution is 2.25. The van der Waals surface area contributed by atoms with Crippen molar-refractivity contribution in [3.05, 3.63) is 35.9 Å². The van der Waals surface area contributed by atoms with E-state index in [1.165, 1.54) is 0 Å². The molecule has 0 radical (unpaired) electrons. The van der Waals surface area contributed by atoms with Gasteiger partial charge in [-0.3, -0.25) is 4.39 Å². The second-order valence-corrected chi connectivity index (χ2v) is 3.59. The minimum absolute atomic E-state index is 0.0350. The molecule has 72 valence electrons. The topological polar surface area (TPSA) is 0 Å². The Hall–Kier alpha value is -0.560. The average molecular weight is 201 g/mol. The summed E-state index contributed by atoms with van der Waals surface area (Å²) in [6.45, 7) is -0.238. The molecule has 0 fully saturated rings. The fourth-order valence-electron chi connectivity index (χ4n) is 1.25. The number of hydrogen-bond donors (Lipinski definition) is 0. The predicted molar refractivity (Wildman–Crippen MR) is 54.9 cm³/mol. The summed E-state index contributed by atoms with van der Waals surface area (Å²) in [5, 5.41) is 0.0350. The summed E-state index contributed by atoms with van der Waals surface area (Å²) in [6.07, 6.45) is 2.34. The Kier molecular flexibility index (Phi) is 4.84. The van der Waals surface area contributed by atoms with Crippen LogP contribution in [0.3, 0.4) is 0 Å². The quantitative estimate of drug-likeness (QED) is 0.496. The Bertz CT molecular complexity index is 223. The molecule has 0 saturated carbocycles. The van der Waals surface area contributed by atoms with Gasteiger partial charge in [-0.1, -0.05) is 30.3 Å². The van der Waals surface area contributed by atoms with E-state index in [4.69, 9.17) is 11.6 Å². The fourth-order valence-corrected chi connectivity index (χ4v) is 1.55. The summed E-state index contributed by atoms with van der Waals surface area (Å²) < 4.78 is 11.8. The van der Waals surface area contributed by atoms with Gasteiger partial charge in [0.2, 0.25) is 0 Å². The van der Waals surface area contributed by atoms with Gasteiger partial charge in [0, 0.05) is 0 Å². The van der Waals surface area contributed by atoms with Crippen LogP contribution in [0.15, 0.2) is 30.3 Å². The highest BCUT2D eigenvalue weighted by Gasteiger charge is 2.05. The van der Waals surface area contributed by atoms with Crippen molar-refractivity contribution in [3.63, 3.8) is 0 Å². The summed E-state index contributed by atoms with van der Waals surface area (Å²) in [6, 6.07) is 9.93. The molecule has 0 N–H and O–H groups in total. The monoisotopic (exact) mass is 200 g/mol. The molecule has 1 aromatic carbocycles. The molecule has 0 aliphatic rings. The molecule has 2 heteroatoms. The Balaban J connectivity index is 2.35. The van der Waals surface area contributed by atoms with Gasteiger partial charge in [-0.15, -0.1) is 11.6 Å². The van der Waals surface area contributed by atoms with Gasteiger partial charge in [-0.2, -0.15) is 0 Å². The Morgan fingerprint density at radius 2 is 1.85 bits per heavy atom. The lowest BCUT2D eigenvalue weighted by Gasteiger charge is -2.08. The first kappa shape index (κ1) is 10.5. The van der Waals surface area contributed by atoms with Crippen LogP contribution in [0, 0.1) is 0 Å². The molecule has 0 heterocycles. The van der Waals surface area contributed by atoms with Crippen LogP contribution < -0.4 is 0 Å². The van der Waals surface area contributed by atoms with Crippen molar-refractivity contribution >= 4 is 11.6 Å². The molecular weight excluding hydrogens is 187 g/mol. The molecule has 1 rings (SSSR count). The molecule has 0 saturated heterocycles. The average Bonchev–Trinajstić information content (AvgIpc) is 2.19. The highest BCUT2D eigenvalue weighted by molar-refractivity contribution is 6.20. The SMILES string of the molecule is FCCCCC(Cl)c1ccccc1. The Morgan fingerprint density at radius 3 is 2.46 bits per heavy atom. The third kappa shape index (κ3) is 3.77. The number of rotatable bonds is 5. The van der Waals surface area contributed by atoms with E-state index in [1.54, 1.807) is 0 Å². The van der Waals surface area contributed by atoms with Crippen molar-refractivity contribution in [2.45, 2.75) is 24.6 Å². The summed E-state index contributed by atoms with van der Waals surface area (Å²) >= 11 is 6.12. The van der Waals surface area contributed by atoms with Crippen LogP contribution in [0.1, 0.15) is 30.2 Å². The zero-order chi connectivity index (χ0) is 9.52. The number of hydrogen-bond acceptors (Lipinski definition) is 0. The van der Waals surface area contributed by atoms with Gasteiger partial charge in [0.15, 0.2) is 0 Å². The molecule has 0 nitrogen and oxygen atoms in total. The van der Waals surface area contributed by atoms with Gasteiger partial charge < -0.3 is 0 Å². The molecule has 0 aromatic heterocycles. The smallest absolute Gasteiger partial charge is 0.0894 e. The lowest BCUT2D eigenvalue weighted by Crippen LogP contribution is -1.90. The lowest BCUT2D eigenvalue weighted by atomic mass is 10.1. The number of halogens is 2. The molecular formula is C11H14ClF. The third-order valence-corrected chi connectivity index (χ3v) is 2.47. The summed E-state index contributed by atoms with van der Waals surface area (Å²) in [7, 11) is 0. The van der Waals surface area contributed by atoms with E-state index < -0.39 is 0 Å². The standard InChI is InChI=1S/C11H14ClF/c12-11(8-4-5-9-13)10-6-2-1-3-7-10/h1-3,6-7,11H,4-5,8-9H2. The van der Waals surface area contributed by atoms with E-state index in [1.807, 2.05) is 30.3 Å². The third-order valence-electron chi connectivity index (χ3n) is 2.00. The van der Waals surface area contributed by atoms with Crippen LogP contribution in [-0.2, 0) is 0 Å². The van der Waals surface area contributed by atoms with E-state index in [0.717, 1.165) is 18.4 Å². The Morgan fingerprint density at radius 1 is 1.15 bits per heavy atom. The van der Waals surface area contributed by atoms with Crippen molar-refractivity contribution in [3.8, 4) is 0 Å². The highest BCUT2D eigenvalue weighted by atomic mass is 35.5. The van der Waals surface area contributed by atoms with Gasteiger partial charge in [0.25, 0.3) is 0 Å². The molecule has 0 spiro atoms. The number of unbranched alkanes of at least 4 members (excludes halogenated alkanes) is 1. The van der Waals surface area contributed by atoms with Crippen molar-refractivity contribution in [1.29, 1.82) is 0 Å². The van der Waals surface area contributed by atoms with E-state index in [-0.39, 0.29) is 12.1 Å². The molecule has 1 unspecified atom stereocenters. The van der Waals surface area contributed by atoms with E-state index in [0.29, 0.717) is 6.42 Å². The molecule has 1 aromatic rings. The van der Waals surface area contributed by atoms with Crippen LogP contribution in [0.5, 0.6) is 0 Å². The van der Waals surface area contributed by atoms with Crippen LogP contribution in [0.25, 0.3) is 0 Å². The first-order valence-corrected chi connectivity index (χ1v) is 5.03. The van der Waals surface area contributed by atoms with E-state index >= 15 is 0 Å². The van der Waals surface area contributed by atoms with Crippen LogP contribution in [0.2, 0.25) is 0 Å². The molecule has 0 aliphatic heterocycles. The van der Waals surface area contributed by atoms with Crippen molar-refractivity contribution in [2.24, 2.45) is 0 Å². The maximum Gasteiger partial charge on any atom is 0.0894 e. The van der Waals surface area contributed by atoms with Crippen LogP contribution in [0.4, 0.5) is 4.39 Å². The molecule has 0 bridgehead atoms. The van der Waals surface area contributed by atoms with Gasteiger partial charge >= 0.3 is 0 Å². The van der Waals surface area contributed by atoms with Gasteiger partial charge in [0.05, 0.1) is 12.1 Å². The van der Waals surface area contributed by atoms with E-state index in [2.05, 4.69) is 0 Å².